The lowest BCUT2D eigenvalue weighted by molar-refractivity contribution is -0.224. The van der Waals surface area contributed by atoms with Crippen LogP contribution in [0.3, 0.4) is 0 Å². The summed E-state index contributed by atoms with van der Waals surface area (Å²) in [6, 6.07) is 63.6. The number of alkyl halides is 2. The number of rotatable bonds is 16. The van der Waals surface area contributed by atoms with Crippen LogP contribution in [0.5, 0.6) is 28.7 Å². The zero-order valence-corrected chi connectivity index (χ0v) is 64.9. The summed E-state index contributed by atoms with van der Waals surface area (Å²) in [7, 11) is -0.0829. The van der Waals surface area contributed by atoms with E-state index < -0.39 is 45.9 Å². The fourth-order valence-electron chi connectivity index (χ4n) is 14.5. The highest BCUT2D eigenvalue weighted by Crippen LogP contribution is 2.64. The van der Waals surface area contributed by atoms with Gasteiger partial charge in [-0.15, -0.1) is 0 Å². The molecule has 6 unspecified atom stereocenters. The van der Waals surface area contributed by atoms with Gasteiger partial charge >= 0.3 is 17.9 Å². The third-order valence-electron chi connectivity index (χ3n) is 21.2. The van der Waals surface area contributed by atoms with E-state index in [1.807, 2.05) is 168 Å². The molecule has 4 fully saturated rings. The number of aromatic hydroxyl groups is 1. The topological polar surface area (TPSA) is 127 Å². The number of ether oxygens (including phenoxy) is 6. The number of esters is 3. The van der Waals surface area contributed by atoms with Crippen LogP contribution >= 0.6 is 0 Å². The maximum atomic E-state index is 13.5. The van der Waals surface area contributed by atoms with Crippen molar-refractivity contribution in [3.63, 3.8) is 0 Å². The maximum absolute atomic E-state index is 13.5. The Labute approximate surface area is 615 Å². The van der Waals surface area contributed by atoms with Crippen molar-refractivity contribution in [3.05, 3.63) is 216 Å². The van der Waals surface area contributed by atoms with E-state index >= 15 is 0 Å². The molecule has 1 aliphatic heterocycles. The maximum Gasteiger partial charge on any atom is 0.312 e. The van der Waals surface area contributed by atoms with Crippen LogP contribution < -0.4 is 14.2 Å². The lowest BCUT2D eigenvalue weighted by atomic mass is 9.48. The Hall–Kier alpha value is -8.16. The van der Waals surface area contributed by atoms with E-state index in [0.29, 0.717) is 55.6 Å². The first-order chi connectivity index (χ1) is 48.5. The average Bonchev–Trinajstić information content (AvgIpc) is 1.51. The molecule has 0 spiro atoms. The molecular formula is C90H111F2O10S+. The molecule has 0 radical (unpaired) electrons. The van der Waals surface area contributed by atoms with E-state index in [0.717, 1.165) is 66.7 Å². The number of hydrogen-bond acceptors (Lipinski definition) is 10. The van der Waals surface area contributed by atoms with E-state index in [1.54, 1.807) is 12.1 Å². The quantitative estimate of drug-likeness (QED) is 0.0567. The number of para-hydroxylation sites is 2. The Morgan fingerprint density at radius 3 is 1.44 bits per heavy atom. The highest BCUT2D eigenvalue weighted by molar-refractivity contribution is 7.97. The van der Waals surface area contributed by atoms with Gasteiger partial charge in [-0.05, 0) is 269 Å². The number of fused-ring (bicyclic) bond motifs is 2. The summed E-state index contributed by atoms with van der Waals surface area (Å²) in [5.41, 5.74) is 3.03. The van der Waals surface area contributed by atoms with Crippen molar-refractivity contribution < 1.29 is 56.7 Å². The van der Waals surface area contributed by atoms with E-state index in [2.05, 4.69) is 119 Å². The van der Waals surface area contributed by atoms with Crippen molar-refractivity contribution in [2.45, 2.75) is 250 Å². The van der Waals surface area contributed by atoms with Gasteiger partial charge in [-0.25, -0.2) is 8.78 Å². The Morgan fingerprint density at radius 2 is 0.990 bits per heavy atom. The van der Waals surface area contributed by atoms with Crippen molar-refractivity contribution in [1.29, 1.82) is 0 Å². The predicted octanol–water partition coefficient (Wildman–Crippen LogP) is 23.9. The van der Waals surface area contributed by atoms with Crippen molar-refractivity contribution in [1.82, 2.24) is 0 Å². The molecule has 1 heterocycles. The molecule has 103 heavy (non-hydrogen) atoms. The fourth-order valence-corrected chi connectivity index (χ4v) is 16.7. The number of halogens is 2. The zero-order chi connectivity index (χ0) is 75.0. The zero-order valence-electron chi connectivity index (χ0n) is 64.1. The molecule has 14 rings (SSSR count). The molecule has 5 aliphatic carbocycles. The summed E-state index contributed by atoms with van der Waals surface area (Å²) in [4.78, 5) is 42.4. The molecule has 13 heteroatoms. The van der Waals surface area contributed by atoms with E-state index in [4.69, 9.17) is 33.5 Å². The third-order valence-corrected chi connectivity index (χ3v) is 23.5. The summed E-state index contributed by atoms with van der Waals surface area (Å²) in [6.07, 6.45) is 4.81. The molecular weight excluding hydrogens is 1310 g/mol. The fraction of sp³-hybridized carbons (Fsp3) is 0.456. The normalized spacial score (nSPS) is 20.6. The second-order valence-electron chi connectivity index (χ2n) is 32.5. The molecule has 8 aromatic rings. The Balaban J connectivity index is 0.000000156. The van der Waals surface area contributed by atoms with E-state index in [-0.39, 0.29) is 45.9 Å². The van der Waals surface area contributed by atoms with Gasteiger partial charge < -0.3 is 33.5 Å². The number of carbonyl (C=O) groups is 3. The number of carbonyl (C=O) groups excluding carboxylic acids is 3. The van der Waals surface area contributed by atoms with Crippen molar-refractivity contribution in [3.8, 4) is 28.7 Å². The van der Waals surface area contributed by atoms with Crippen LogP contribution in [0, 0.1) is 28.1 Å². The molecule has 10 nitrogen and oxygen atoms in total. The van der Waals surface area contributed by atoms with Crippen molar-refractivity contribution >= 4 is 39.6 Å². The SMILES string of the molecule is CC1c2cccc3cccc(c23)C1C.CCC(C)(C)C(=O)OC(c1ccc(OC(C)(C)C)cc1)c1ccc(OC(C)(C)C)cc1.CCC(C)(C)C(=O)OC12CC3CC(C1)CC(C(=O)OC(C)C(C)(F)F)(C3)C2.CCC(C)c1ccc(O)cc1.c1ccc([S+]2c3ccccc3Oc3ccccc32)cc1. The molecule has 4 saturated carbocycles. The largest absolute Gasteiger partial charge is 0.508 e. The van der Waals surface area contributed by atoms with Gasteiger partial charge in [-0.1, -0.05) is 157 Å². The van der Waals surface area contributed by atoms with Gasteiger partial charge in [0, 0.05) is 13.3 Å². The number of phenols is 1. The van der Waals surface area contributed by atoms with Gasteiger partial charge in [0.25, 0.3) is 5.92 Å². The molecule has 8 aromatic carbocycles. The molecule has 0 aromatic heterocycles. The van der Waals surface area contributed by atoms with Crippen molar-refractivity contribution in [2.75, 3.05) is 0 Å². The van der Waals surface area contributed by atoms with Crippen LogP contribution in [0.1, 0.15) is 234 Å². The first-order valence-corrected chi connectivity index (χ1v) is 38.3. The lowest BCUT2D eigenvalue weighted by Gasteiger charge is -2.60. The summed E-state index contributed by atoms with van der Waals surface area (Å²) >= 11 is 0. The molecule has 0 amide bonds. The lowest BCUT2D eigenvalue weighted by Crippen LogP contribution is -2.61. The summed E-state index contributed by atoms with van der Waals surface area (Å²) in [5.74, 6) is 2.30. The molecule has 6 atom stereocenters. The molecule has 550 valence electrons. The highest BCUT2D eigenvalue weighted by Gasteiger charge is 2.64. The molecule has 4 bridgehead atoms. The van der Waals surface area contributed by atoms with Gasteiger partial charge in [-0.3, -0.25) is 14.4 Å². The summed E-state index contributed by atoms with van der Waals surface area (Å²) < 4.78 is 62.2. The summed E-state index contributed by atoms with van der Waals surface area (Å²) in [6.45, 7) is 34.6. The predicted molar refractivity (Wildman–Crippen MR) is 411 cm³/mol. The van der Waals surface area contributed by atoms with Crippen molar-refractivity contribution in [2.24, 2.45) is 28.1 Å². The van der Waals surface area contributed by atoms with Crippen LogP contribution in [0.2, 0.25) is 0 Å². The summed E-state index contributed by atoms with van der Waals surface area (Å²) in [5, 5.41) is 11.9. The minimum absolute atomic E-state index is 0.0829. The molecule has 0 saturated heterocycles. The van der Waals surface area contributed by atoms with Gasteiger partial charge in [-0.2, -0.15) is 0 Å². The van der Waals surface area contributed by atoms with Crippen LogP contribution in [-0.4, -0.2) is 51.8 Å². The standard InChI is InChI=1S/C27H38O4.C21H32F2O4.C18H13OS.C14H14.C10H14O/c1-10-27(8,9)24(28)29-23(19-11-15-21(16-12-19)30-25(2,3)4)20-13-17-22(18-14-20)31-26(5,6)7;1-6-18(3,4)16(24)27-21-10-14-7-15(11-21)9-20(8-14,12-21)17(25)26-13(2)19(5,22)23;1-2-8-14(9-3-1)20-17-12-6-4-10-15(17)19-16-11-5-7-13-18(16)20;1-9-10(2)13-8-4-6-11-5-3-7-12(9)14(11)13;1-3-8(2)9-4-6-10(11)7-5-9/h11-18,23H,10H2,1-9H3;13-15H,6-12H2,1-5H3;1-13H;3-10H,1-2H3;4-8,11H,3H2,1-2H3/q;;+1;;. The van der Waals surface area contributed by atoms with Gasteiger partial charge in [0.2, 0.25) is 9.79 Å². The smallest absolute Gasteiger partial charge is 0.312 e. The first-order valence-electron chi connectivity index (χ1n) is 37.0. The van der Waals surface area contributed by atoms with Crippen LogP contribution in [-0.2, 0) is 39.5 Å². The highest BCUT2D eigenvalue weighted by atomic mass is 32.2. The van der Waals surface area contributed by atoms with Gasteiger partial charge in [0.1, 0.15) is 44.9 Å². The second-order valence-corrected chi connectivity index (χ2v) is 34.5. The van der Waals surface area contributed by atoms with E-state index in [1.165, 1.54) is 49.1 Å². The average molecular weight is 1420 g/mol. The third kappa shape index (κ3) is 19.6. The van der Waals surface area contributed by atoms with Gasteiger partial charge in [0.15, 0.2) is 28.6 Å². The van der Waals surface area contributed by atoms with Crippen LogP contribution in [0.15, 0.2) is 203 Å². The Kier molecular flexibility index (Phi) is 24.9. The van der Waals surface area contributed by atoms with Crippen LogP contribution in [0.25, 0.3) is 10.8 Å². The first kappa shape index (κ1) is 79.0. The minimum atomic E-state index is -3.08. The second kappa shape index (κ2) is 32.5. The Morgan fingerprint density at radius 1 is 0.544 bits per heavy atom. The minimum Gasteiger partial charge on any atom is -0.508 e. The number of benzene rings is 8. The number of hydrogen-bond donors (Lipinski definition) is 1. The molecule has 1 N–H and O–H groups in total. The monoisotopic (exact) mass is 1420 g/mol. The van der Waals surface area contributed by atoms with Crippen LogP contribution in [0.4, 0.5) is 8.78 Å². The molecule has 6 aliphatic rings. The van der Waals surface area contributed by atoms with E-state index in [9.17, 15) is 23.2 Å². The Bertz CT molecular complexity index is 3990. The van der Waals surface area contributed by atoms with Gasteiger partial charge in [0.05, 0.1) is 16.2 Å². The number of phenolic OH excluding ortho intramolecular Hbond substituents is 1.